The lowest BCUT2D eigenvalue weighted by Crippen LogP contribution is -2.54. The lowest BCUT2D eigenvalue weighted by Gasteiger charge is -2.37. The van der Waals surface area contributed by atoms with Gasteiger partial charge in [0.2, 0.25) is 0 Å². The van der Waals surface area contributed by atoms with Crippen LogP contribution in [-0.2, 0) is 11.3 Å². The number of carbonyl (C=O) groups excluding carboxylic acids is 2. The zero-order valence-corrected chi connectivity index (χ0v) is 12.4. The molecule has 0 aromatic heterocycles. The maximum atomic E-state index is 11.9. The first-order chi connectivity index (χ1) is 10.5. The number of amides is 3. The van der Waals surface area contributed by atoms with E-state index in [1.165, 1.54) is 0 Å². The van der Waals surface area contributed by atoms with Crippen molar-refractivity contribution in [3.8, 4) is 11.5 Å². The number of aromatic hydroxyl groups is 1. The summed E-state index contributed by atoms with van der Waals surface area (Å²) in [6, 6.07) is 4.74. The quantitative estimate of drug-likeness (QED) is 0.710. The fourth-order valence-corrected chi connectivity index (χ4v) is 3.08. The average molecular weight is 305 g/mol. The van der Waals surface area contributed by atoms with E-state index in [4.69, 9.17) is 4.74 Å². The van der Waals surface area contributed by atoms with E-state index in [-0.39, 0.29) is 11.7 Å². The molecule has 2 saturated heterocycles. The highest BCUT2D eigenvalue weighted by molar-refractivity contribution is 6.07. The van der Waals surface area contributed by atoms with Crippen molar-refractivity contribution in [1.82, 2.24) is 15.5 Å². The molecule has 0 aliphatic carbocycles. The molecule has 0 unspecified atom stereocenters. The van der Waals surface area contributed by atoms with Gasteiger partial charge in [-0.15, -0.1) is 0 Å². The van der Waals surface area contributed by atoms with Gasteiger partial charge in [-0.25, -0.2) is 4.79 Å². The second-order valence-corrected chi connectivity index (χ2v) is 5.81. The van der Waals surface area contributed by atoms with Crippen molar-refractivity contribution >= 4 is 11.9 Å². The third kappa shape index (κ3) is 2.71. The van der Waals surface area contributed by atoms with Crippen molar-refractivity contribution in [2.75, 3.05) is 20.2 Å². The highest BCUT2D eigenvalue weighted by atomic mass is 16.5. The summed E-state index contributed by atoms with van der Waals surface area (Å²) in [5.74, 6) is 0.562. The summed E-state index contributed by atoms with van der Waals surface area (Å²) in [5, 5.41) is 14.7. The molecule has 3 N–H and O–H groups in total. The number of nitrogens with one attached hydrogen (secondary N) is 2. The smallest absolute Gasteiger partial charge is 0.322 e. The van der Waals surface area contributed by atoms with E-state index in [9.17, 15) is 14.7 Å². The largest absolute Gasteiger partial charge is 0.508 e. The molecule has 2 aliphatic rings. The monoisotopic (exact) mass is 305 g/mol. The predicted molar refractivity (Wildman–Crippen MR) is 78.6 cm³/mol. The number of hydrogen-bond acceptors (Lipinski definition) is 5. The fraction of sp³-hybridized carbons (Fsp3) is 0.467. The Bertz CT molecular complexity index is 609. The van der Waals surface area contributed by atoms with E-state index < -0.39 is 11.6 Å². The van der Waals surface area contributed by atoms with Crippen molar-refractivity contribution in [2.24, 2.45) is 0 Å². The number of rotatable bonds is 3. The van der Waals surface area contributed by atoms with Crippen LogP contribution in [0.5, 0.6) is 11.5 Å². The first-order valence-corrected chi connectivity index (χ1v) is 7.24. The molecule has 22 heavy (non-hydrogen) atoms. The van der Waals surface area contributed by atoms with Crippen molar-refractivity contribution in [2.45, 2.75) is 24.9 Å². The highest BCUT2D eigenvalue weighted by Gasteiger charge is 2.47. The van der Waals surface area contributed by atoms with Crippen LogP contribution in [0.1, 0.15) is 18.4 Å². The number of carbonyl (C=O) groups is 2. The maximum absolute atomic E-state index is 11.9. The van der Waals surface area contributed by atoms with Crippen LogP contribution in [0.3, 0.4) is 0 Å². The fourth-order valence-electron chi connectivity index (χ4n) is 3.08. The van der Waals surface area contributed by atoms with E-state index in [0.29, 0.717) is 38.2 Å². The molecule has 2 heterocycles. The van der Waals surface area contributed by atoms with E-state index in [0.717, 1.165) is 5.56 Å². The van der Waals surface area contributed by atoms with Gasteiger partial charge in [0.1, 0.15) is 17.0 Å². The van der Waals surface area contributed by atoms with Gasteiger partial charge in [0.15, 0.2) is 0 Å². The van der Waals surface area contributed by atoms with Crippen LogP contribution in [0.25, 0.3) is 0 Å². The molecule has 2 aliphatic heterocycles. The highest BCUT2D eigenvalue weighted by Crippen LogP contribution is 2.28. The third-order valence-electron chi connectivity index (χ3n) is 4.32. The Morgan fingerprint density at radius 1 is 1.27 bits per heavy atom. The molecule has 7 heteroatoms. The molecule has 2 fully saturated rings. The topological polar surface area (TPSA) is 90.9 Å². The maximum Gasteiger partial charge on any atom is 0.322 e. The number of methoxy groups -OCH3 is 1. The first-order valence-electron chi connectivity index (χ1n) is 7.24. The number of nitrogens with zero attached hydrogens (tertiary/aromatic N) is 1. The summed E-state index contributed by atoms with van der Waals surface area (Å²) in [4.78, 5) is 25.4. The lowest BCUT2D eigenvalue weighted by atomic mass is 9.87. The molecule has 118 valence electrons. The summed E-state index contributed by atoms with van der Waals surface area (Å²) in [6.07, 6.45) is 1.17. The van der Waals surface area contributed by atoms with Crippen LogP contribution in [0.15, 0.2) is 18.2 Å². The molecule has 0 bridgehead atoms. The summed E-state index contributed by atoms with van der Waals surface area (Å²) < 4.78 is 5.15. The number of phenols is 1. The van der Waals surface area contributed by atoms with E-state index in [2.05, 4.69) is 15.5 Å². The van der Waals surface area contributed by atoms with Crippen molar-refractivity contribution in [3.05, 3.63) is 23.8 Å². The molecule has 1 spiro atoms. The van der Waals surface area contributed by atoms with Gasteiger partial charge >= 0.3 is 6.03 Å². The molecule has 3 rings (SSSR count). The van der Waals surface area contributed by atoms with Gasteiger partial charge in [0.05, 0.1) is 7.11 Å². The minimum Gasteiger partial charge on any atom is -0.508 e. The van der Waals surface area contributed by atoms with Crippen LogP contribution >= 0.6 is 0 Å². The number of phenolic OH excluding ortho intramolecular Hbond substituents is 1. The Kier molecular flexibility index (Phi) is 3.66. The van der Waals surface area contributed by atoms with Gasteiger partial charge in [-0.3, -0.25) is 15.0 Å². The molecular formula is C15H19N3O4. The van der Waals surface area contributed by atoms with Gasteiger partial charge in [0, 0.05) is 25.7 Å². The first kappa shape index (κ1) is 14.6. The molecular weight excluding hydrogens is 286 g/mol. The van der Waals surface area contributed by atoms with Gasteiger partial charge < -0.3 is 15.2 Å². The average Bonchev–Trinajstić information content (AvgIpc) is 2.75. The van der Waals surface area contributed by atoms with E-state index in [1.807, 2.05) is 6.07 Å². The van der Waals surface area contributed by atoms with Gasteiger partial charge in [-0.1, -0.05) is 0 Å². The number of ether oxygens (including phenoxy) is 1. The minimum absolute atomic E-state index is 0.172. The van der Waals surface area contributed by atoms with Crippen LogP contribution in [-0.4, -0.2) is 47.7 Å². The number of likely N-dealkylation sites (tertiary alicyclic amines) is 1. The minimum atomic E-state index is -0.746. The Morgan fingerprint density at radius 2 is 2.00 bits per heavy atom. The molecule has 1 aromatic rings. The van der Waals surface area contributed by atoms with Crippen LogP contribution in [0.2, 0.25) is 0 Å². The zero-order chi connectivity index (χ0) is 15.7. The van der Waals surface area contributed by atoms with Crippen LogP contribution in [0.4, 0.5) is 4.79 Å². The number of piperidine rings is 1. The molecule has 0 radical (unpaired) electrons. The lowest BCUT2D eigenvalue weighted by molar-refractivity contribution is -0.125. The molecule has 0 atom stereocenters. The van der Waals surface area contributed by atoms with Crippen molar-refractivity contribution in [1.29, 1.82) is 0 Å². The number of hydrogen-bond donors (Lipinski definition) is 3. The number of urea groups is 1. The number of imide groups is 1. The van der Waals surface area contributed by atoms with E-state index >= 15 is 0 Å². The Hall–Kier alpha value is -2.28. The third-order valence-corrected chi connectivity index (χ3v) is 4.32. The van der Waals surface area contributed by atoms with Gasteiger partial charge in [0.25, 0.3) is 5.91 Å². The Morgan fingerprint density at radius 3 is 2.59 bits per heavy atom. The van der Waals surface area contributed by atoms with Crippen LogP contribution in [0, 0.1) is 0 Å². The Balaban J connectivity index is 1.64. The SMILES string of the molecule is COc1cc(O)cc(CN2CCC3(CC2)NC(=O)NC3=O)c1. The normalized spacial score (nSPS) is 20.8. The zero-order valence-electron chi connectivity index (χ0n) is 12.4. The summed E-state index contributed by atoms with van der Waals surface area (Å²) in [7, 11) is 1.56. The van der Waals surface area contributed by atoms with Crippen LogP contribution < -0.4 is 15.4 Å². The summed E-state index contributed by atoms with van der Waals surface area (Å²) >= 11 is 0. The summed E-state index contributed by atoms with van der Waals surface area (Å²) in [6.45, 7) is 2.06. The molecule has 1 aromatic carbocycles. The van der Waals surface area contributed by atoms with Crippen molar-refractivity contribution < 1.29 is 19.4 Å². The standard InChI is InChI=1S/C15H19N3O4/c1-22-12-7-10(6-11(19)8-12)9-18-4-2-15(3-5-18)13(20)16-14(21)17-15/h6-8,19H,2-5,9H2,1H3,(H2,16,17,20,21). The van der Waals surface area contributed by atoms with Crippen molar-refractivity contribution in [3.63, 3.8) is 0 Å². The van der Waals surface area contributed by atoms with Gasteiger partial charge in [-0.05, 0) is 30.5 Å². The number of benzene rings is 1. The molecule has 7 nitrogen and oxygen atoms in total. The van der Waals surface area contributed by atoms with Gasteiger partial charge in [-0.2, -0.15) is 0 Å². The molecule has 3 amide bonds. The predicted octanol–water partition coefficient (Wildman–Crippen LogP) is 0.575. The molecule has 0 saturated carbocycles. The Labute approximate surface area is 128 Å². The second-order valence-electron chi connectivity index (χ2n) is 5.81. The van der Waals surface area contributed by atoms with E-state index in [1.54, 1.807) is 19.2 Å². The second kappa shape index (κ2) is 5.49. The summed E-state index contributed by atoms with van der Waals surface area (Å²) in [5.41, 5.74) is 0.206.